The summed E-state index contributed by atoms with van der Waals surface area (Å²) in [7, 11) is 0. The molecule has 1 aromatic heterocycles. The van der Waals surface area contributed by atoms with Crippen LogP contribution in [0.2, 0.25) is 0 Å². The molecule has 0 saturated carbocycles. The lowest BCUT2D eigenvalue weighted by molar-refractivity contribution is 0.629. The molecular weight excluding hydrogens is 200 g/mol. The summed E-state index contributed by atoms with van der Waals surface area (Å²) in [5.74, 6) is 1.17. The van der Waals surface area contributed by atoms with Crippen molar-refractivity contribution in [3.8, 4) is 0 Å². The minimum absolute atomic E-state index is 0.00731. The number of aromatic nitrogens is 2. The van der Waals surface area contributed by atoms with Gasteiger partial charge in [0, 0.05) is 18.0 Å². The Kier molecular flexibility index (Phi) is 3.86. The van der Waals surface area contributed by atoms with E-state index in [1.165, 1.54) is 0 Å². The van der Waals surface area contributed by atoms with E-state index in [4.69, 9.17) is 5.73 Å². The number of anilines is 1. The molecule has 1 rings (SSSR count). The Morgan fingerprint density at radius 3 is 2.44 bits per heavy atom. The molecule has 0 unspecified atom stereocenters. The zero-order valence-electron chi connectivity index (χ0n) is 10.8. The Bertz CT molecular complexity index is 353. The van der Waals surface area contributed by atoms with Crippen molar-refractivity contribution in [2.45, 2.75) is 52.6 Å². The van der Waals surface area contributed by atoms with Crippen LogP contribution in [0, 0.1) is 0 Å². The van der Waals surface area contributed by atoms with Gasteiger partial charge in [0.05, 0.1) is 17.6 Å². The minimum atomic E-state index is -0.00731. The summed E-state index contributed by atoms with van der Waals surface area (Å²) in [6, 6.07) is 0. The van der Waals surface area contributed by atoms with Gasteiger partial charge in [-0.1, -0.05) is 13.8 Å². The molecule has 0 bridgehead atoms. The third-order valence-corrected chi connectivity index (χ3v) is 2.11. The summed E-state index contributed by atoms with van der Waals surface area (Å²) in [6.45, 7) is 10.9. The van der Waals surface area contributed by atoms with Gasteiger partial charge in [-0.2, -0.15) is 0 Å². The predicted octanol–water partition coefficient (Wildman–Crippen LogP) is 2.27. The van der Waals surface area contributed by atoms with Crippen molar-refractivity contribution in [1.29, 1.82) is 0 Å². The van der Waals surface area contributed by atoms with Crippen molar-refractivity contribution in [2.75, 3.05) is 5.32 Å². The number of rotatable bonds is 3. The van der Waals surface area contributed by atoms with Gasteiger partial charge in [0.1, 0.15) is 5.82 Å². The lowest BCUT2D eigenvalue weighted by atomic mass is 10.1. The van der Waals surface area contributed by atoms with E-state index in [2.05, 4.69) is 49.9 Å². The van der Waals surface area contributed by atoms with Crippen LogP contribution in [0.15, 0.2) is 6.20 Å². The van der Waals surface area contributed by atoms with Gasteiger partial charge >= 0.3 is 0 Å². The molecule has 0 spiro atoms. The highest BCUT2D eigenvalue weighted by molar-refractivity contribution is 5.47. The normalized spacial score (nSPS) is 11.9. The zero-order chi connectivity index (χ0) is 12.3. The molecule has 0 atom stereocenters. The van der Waals surface area contributed by atoms with E-state index in [9.17, 15) is 0 Å². The first-order chi connectivity index (χ1) is 7.33. The molecule has 0 aliphatic rings. The van der Waals surface area contributed by atoms with Crippen molar-refractivity contribution < 1.29 is 0 Å². The number of hydrogen-bond donors (Lipinski definition) is 2. The highest BCUT2D eigenvalue weighted by Gasteiger charge is 2.14. The van der Waals surface area contributed by atoms with Crippen LogP contribution >= 0.6 is 0 Å². The quantitative estimate of drug-likeness (QED) is 0.823. The fraction of sp³-hybridized carbons (Fsp3) is 0.667. The average Bonchev–Trinajstić information content (AvgIpc) is 2.15. The molecule has 0 fully saturated rings. The van der Waals surface area contributed by atoms with Gasteiger partial charge in [-0.3, -0.25) is 0 Å². The smallest absolute Gasteiger partial charge is 0.131 e. The van der Waals surface area contributed by atoms with Crippen LogP contribution < -0.4 is 11.1 Å². The summed E-state index contributed by atoms with van der Waals surface area (Å²) in [5, 5.41) is 3.36. The van der Waals surface area contributed by atoms with E-state index in [1.807, 2.05) is 6.20 Å². The zero-order valence-corrected chi connectivity index (χ0v) is 10.8. The van der Waals surface area contributed by atoms with Crippen LogP contribution in [-0.2, 0) is 6.54 Å². The topological polar surface area (TPSA) is 63.8 Å². The van der Waals surface area contributed by atoms with Crippen LogP contribution in [0.5, 0.6) is 0 Å². The first kappa shape index (κ1) is 12.9. The van der Waals surface area contributed by atoms with Crippen molar-refractivity contribution in [2.24, 2.45) is 5.73 Å². The van der Waals surface area contributed by atoms with E-state index in [-0.39, 0.29) is 5.54 Å². The summed E-state index contributed by atoms with van der Waals surface area (Å²) in [4.78, 5) is 8.82. The van der Waals surface area contributed by atoms with E-state index in [0.29, 0.717) is 12.5 Å². The van der Waals surface area contributed by atoms with Gasteiger partial charge in [-0.05, 0) is 20.8 Å². The Morgan fingerprint density at radius 2 is 2.00 bits per heavy atom. The van der Waals surface area contributed by atoms with Crippen LogP contribution in [0.3, 0.4) is 0 Å². The van der Waals surface area contributed by atoms with Gasteiger partial charge in [0.2, 0.25) is 0 Å². The predicted molar refractivity (Wildman–Crippen MR) is 67.4 cm³/mol. The summed E-state index contributed by atoms with van der Waals surface area (Å²) >= 11 is 0. The van der Waals surface area contributed by atoms with E-state index in [1.54, 1.807) is 0 Å². The summed E-state index contributed by atoms with van der Waals surface area (Å²) < 4.78 is 0. The van der Waals surface area contributed by atoms with Gasteiger partial charge in [-0.15, -0.1) is 0 Å². The van der Waals surface area contributed by atoms with Crippen molar-refractivity contribution in [3.63, 3.8) is 0 Å². The Labute approximate surface area is 97.7 Å². The van der Waals surface area contributed by atoms with Crippen LogP contribution in [0.1, 0.15) is 52.1 Å². The van der Waals surface area contributed by atoms with Gasteiger partial charge in [0.25, 0.3) is 0 Å². The molecule has 3 N–H and O–H groups in total. The highest BCUT2D eigenvalue weighted by atomic mass is 15.0. The maximum Gasteiger partial charge on any atom is 0.131 e. The molecule has 16 heavy (non-hydrogen) atoms. The van der Waals surface area contributed by atoms with E-state index in [0.717, 1.165) is 17.2 Å². The van der Waals surface area contributed by atoms with Crippen LogP contribution in [0.25, 0.3) is 0 Å². The first-order valence-corrected chi connectivity index (χ1v) is 5.67. The van der Waals surface area contributed by atoms with Crippen LogP contribution in [-0.4, -0.2) is 15.5 Å². The molecule has 0 radical (unpaired) electrons. The largest absolute Gasteiger partial charge is 0.378 e. The fourth-order valence-electron chi connectivity index (χ4n) is 1.37. The van der Waals surface area contributed by atoms with Crippen LogP contribution in [0.4, 0.5) is 5.69 Å². The van der Waals surface area contributed by atoms with E-state index < -0.39 is 0 Å². The Balaban J connectivity index is 3.02. The second-order valence-electron chi connectivity index (χ2n) is 5.32. The molecule has 1 heterocycles. The molecule has 0 aromatic carbocycles. The molecule has 0 amide bonds. The third-order valence-electron chi connectivity index (χ3n) is 2.11. The second-order valence-corrected chi connectivity index (χ2v) is 5.32. The molecule has 4 nitrogen and oxygen atoms in total. The standard InChI is InChI=1S/C12H22N4/c1-8(2)11-14-7-10(9(6-13)15-11)16-12(3,4)5/h7-8,16H,6,13H2,1-5H3. The Hall–Kier alpha value is -1.16. The van der Waals surface area contributed by atoms with Crippen molar-refractivity contribution in [1.82, 2.24) is 9.97 Å². The highest BCUT2D eigenvalue weighted by Crippen LogP contribution is 2.19. The maximum atomic E-state index is 5.71. The molecular formula is C12H22N4. The summed E-state index contributed by atoms with van der Waals surface area (Å²) in [6.07, 6.45) is 1.83. The lowest BCUT2D eigenvalue weighted by Crippen LogP contribution is -2.27. The summed E-state index contributed by atoms with van der Waals surface area (Å²) in [5.41, 5.74) is 7.51. The molecule has 0 aliphatic heterocycles. The SMILES string of the molecule is CC(C)c1ncc(NC(C)(C)C)c(CN)n1. The van der Waals surface area contributed by atoms with Crippen molar-refractivity contribution in [3.05, 3.63) is 17.7 Å². The van der Waals surface area contributed by atoms with Gasteiger partial charge < -0.3 is 11.1 Å². The van der Waals surface area contributed by atoms with E-state index >= 15 is 0 Å². The minimum Gasteiger partial charge on any atom is -0.378 e. The van der Waals surface area contributed by atoms with Crippen molar-refractivity contribution >= 4 is 5.69 Å². The second kappa shape index (κ2) is 4.78. The number of nitrogens with two attached hydrogens (primary N) is 1. The van der Waals surface area contributed by atoms with Gasteiger partial charge in [-0.25, -0.2) is 9.97 Å². The first-order valence-electron chi connectivity index (χ1n) is 5.67. The molecule has 90 valence electrons. The molecule has 4 heteroatoms. The third kappa shape index (κ3) is 3.45. The average molecular weight is 222 g/mol. The molecule has 1 aromatic rings. The number of hydrogen-bond acceptors (Lipinski definition) is 4. The molecule has 0 aliphatic carbocycles. The Morgan fingerprint density at radius 1 is 1.38 bits per heavy atom. The van der Waals surface area contributed by atoms with Gasteiger partial charge in [0.15, 0.2) is 0 Å². The maximum absolute atomic E-state index is 5.71. The number of nitrogens with one attached hydrogen (secondary N) is 1. The number of nitrogens with zero attached hydrogens (tertiary/aromatic N) is 2. The monoisotopic (exact) mass is 222 g/mol. The molecule has 0 saturated heterocycles. The lowest BCUT2D eigenvalue weighted by Gasteiger charge is -2.23. The fourth-order valence-corrected chi connectivity index (χ4v) is 1.37.